The smallest absolute Gasteiger partial charge is 0.0634 e. The Kier molecular flexibility index (Phi) is 1.72. The Balaban J connectivity index is 2.19. The molecule has 2 bridgehead atoms. The Bertz CT molecular complexity index is 271. The first-order valence-corrected chi connectivity index (χ1v) is 4.25. The SMILES string of the molecule is S=C=N/C=C1/CC2C=CC1C2. The summed E-state index contributed by atoms with van der Waals surface area (Å²) >= 11 is 4.49. The van der Waals surface area contributed by atoms with Crippen LogP contribution in [0.2, 0.25) is 0 Å². The minimum Gasteiger partial charge on any atom is -0.203 e. The summed E-state index contributed by atoms with van der Waals surface area (Å²) in [4.78, 5) is 3.84. The number of fused-ring (bicyclic) bond motifs is 2. The van der Waals surface area contributed by atoms with E-state index in [0.717, 1.165) is 5.92 Å². The normalized spacial score (nSPS) is 36.2. The van der Waals surface area contributed by atoms with E-state index in [4.69, 9.17) is 0 Å². The van der Waals surface area contributed by atoms with E-state index in [0.29, 0.717) is 5.92 Å². The highest BCUT2D eigenvalue weighted by molar-refractivity contribution is 7.78. The van der Waals surface area contributed by atoms with Crippen LogP contribution in [0.5, 0.6) is 0 Å². The highest BCUT2D eigenvalue weighted by atomic mass is 32.1. The molecule has 2 heteroatoms. The summed E-state index contributed by atoms with van der Waals surface area (Å²) in [5, 5.41) is 2.36. The van der Waals surface area contributed by atoms with E-state index in [1.165, 1.54) is 18.4 Å². The first kappa shape index (κ1) is 6.96. The second-order valence-electron chi connectivity index (χ2n) is 3.12. The van der Waals surface area contributed by atoms with Crippen LogP contribution in [0.3, 0.4) is 0 Å². The van der Waals surface area contributed by atoms with Crippen LogP contribution in [0.15, 0.2) is 28.9 Å². The van der Waals surface area contributed by atoms with Crippen LogP contribution in [-0.2, 0) is 0 Å². The first-order chi connectivity index (χ1) is 5.40. The van der Waals surface area contributed by atoms with Crippen molar-refractivity contribution in [2.75, 3.05) is 0 Å². The maximum absolute atomic E-state index is 4.49. The van der Waals surface area contributed by atoms with Gasteiger partial charge in [-0.15, -0.1) is 0 Å². The molecule has 1 fully saturated rings. The van der Waals surface area contributed by atoms with Gasteiger partial charge in [0.2, 0.25) is 0 Å². The molecule has 0 radical (unpaired) electrons. The molecule has 0 aromatic heterocycles. The molecule has 0 aromatic carbocycles. The van der Waals surface area contributed by atoms with Gasteiger partial charge in [-0.1, -0.05) is 12.2 Å². The van der Waals surface area contributed by atoms with Crippen molar-refractivity contribution in [3.05, 3.63) is 23.9 Å². The fourth-order valence-corrected chi connectivity index (χ4v) is 1.97. The standard InChI is InChI=1S/C9H9NS/c11-6-10-5-9-4-7-1-2-8(9)3-7/h1-2,5,7-8H,3-4H2/b9-5-. The molecule has 2 aliphatic rings. The number of nitrogens with zero attached hydrogens (tertiary/aromatic N) is 1. The van der Waals surface area contributed by atoms with Gasteiger partial charge < -0.3 is 0 Å². The molecule has 2 aliphatic carbocycles. The van der Waals surface area contributed by atoms with Crippen LogP contribution < -0.4 is 0 Å². The summed E-state index contributed by atoms with van der Waals surface area (Å²) in [5.41, 5.74) is 1.43. The van der Waals surface area contributed by atoms with Gasteiger partial charge in [0, 0.05) is 12.1 Å². The first-order valence-electron chi connectivity index (χ1n) is 3.84. The van der Waals surface area contributed by atoms with Crippen LogP contribution in [0.4, 0.5) is 0 Å². The fraction of sp³-hybridized carbons (Fsp3) is 0.444. The largest absolute Gasteiger partial charge is 0.203 e. The lowest BCUT2D eigenvalue weighted by molar-refractivity contribution is 0.693. The predicted octanol–water partition coefficient (Wildman–Crippen LogP) is 2.57. The average Bonchev–Trinajstić information content (AvgIpc) is 2.60. The molecule has 0 spiro atoms. The topological polar surface area (TPSA) is 12.4 Å². The maximum Gasteiger partial charge on any atom is 0.0634 e. The zero-order valence-corrected chi connectivity index (χ0v) is 6.97. The van der Waals surface area contributed by atoms with Crippen LogP contribution >= 0.6 is 12.2 Å². The molecule has 0 aromatic rings. The van der Waals surface area contributed by atoms with Crippen molar-refractivity contribution >= 4 is 17.4 Å². The van der Waals surface area contributed by atoms with Gasteiger partial charge in [-0.25, -0.2) is 4.99 Å². The van der Waals surface area contributed by atoms with E-state index in [-0.39, 0.29) is 0 Å². The lowest BCUT2D eigenvalue weighted by Gasteiger charge is -2.04. The van der Waals surface area contributed by atoms with Crippen molar-refractivity contribution in [3.8, 4) is 0 Å². The highest BCUT2D eigenvalue weighted by Crippen LogP contribution is 2.42. The number of aliphatic imine (C=N–C) groups is 1. The molecule has 2 unspecified atom stereocenters. The van der Waals surface area contributed by atoms with Crippen molar-refractivity contribution < 1.29 is 0 Å². The van der Waals surface area contributed by atoms with Gasteiger partial charge in [0.1, 0.15) is 0 Å². The van der Waals surface area contributed by atoms with E-state index in [1.807, 2.05) is 6.20 Å². The molecule has 11 heavy (non-hydrogen) atoms. The highest BCUT2D eigenvalue weighted by Gasteiger charge is 2.30. The fourth-order valence-electron chi connectivity index (χ4n) is 1.91. The van der Waals surface area contributed by atoms with Crippen LogP contribution in [-0.4, -0.2) is 5.16 Å². The Morgan fingerprint density at radius 3 is 3.09 bits per heavy atom. The van der Waals surface area contributed by atoms with Crippen molar-refractivity contribution in [1.82, 2.24) is 0 Å². The third-order valence-electron chi connectivity index (χ3n) is 2.43. The molecule has 0 amide bonds. The predicted molar refractivity (Wildman–Crippen MR) is 48.5 cm³/mol. The summed E-state index contributed by atoms with van der Waals surface area (Å²) in [6, 6.07) is 0. The quantitative estimate of drug-likeness (QED) is 0.329. The molecule has 2 rings (SSSR count). The van der Waals surface area contributed by atoms with E-state index in [9.17, 15) is 0 Å². The summed E-state index contributed by atoms with van der Waals surface area (Å²) in [5.74, 6) is 1.44. The molecule has 0 aliphatic heterocycles. The second kappa shape index (κ2) is 2.72. The van der Waals surface area contributed by atoms with E-state index in [1.54, 1.807) is 0 Å². The Labute approximate surface area is 71.5 Å². The second-order valence-corrected chi connectivity index (χ2v) is 3.30. The Morgan fingerprint density at radius 2 is 2.55 bits per heavy atom. The molecular formula is C9H9NS. The summed E-state index contributed by atoms with van der Waals surface area (Å²) in [6.07, 6.45) is 8.93. The molecule has 0 saturated heterocycles. The molecule has 56 valence electrons. The molecular weight excluding hydrogens is 154 g/mol. The van der Waals surface area contributed by atoms with Gasteiger partial charge in [0.05, 0.1) is 5.16 Å². The van der Waals surface area contributed by atoms with Crippen LogP contribution in [0, 0.1) is 11.8 Å². The molecule has 0 N–H and O–H groups in total. The molecule has 0 heterocycles. The zero-order valence-electron chi connectivity index (χ0n) is 6.16. The van der Waals surface area contributed by atoms with Crippen LogP contribution in [0.25, 0.3) is 0 Å². The van der Waals surface area contributed by atoms with E-state index < -0.39 is 0 Å². The van der Waals surface area contributed by atoms with Gasteiger partial charge in [0.15, 0.2) is 0 Å². The lowest BCUT2D eigenvalue weighted by Crippen LogP contribution is -1.90. The molecule has 2 atom stereocenters. The van der Waals surface area contributed by atoms with E-state index >= 15 is 0 Å². The van der Waals surface area contributed by atoms with E-state index in [2.05, 4.69) is 34.5 Å². The monoisotopic (exact) mass is 163 g/mol. The van der Waals surface area contributed by atoms with Crippen molar-refractivity contribution in [2.45, 2.75) is 12.8 Å². The van der Waals surface area contributed by atoms with Gasteiger partial charge in [-0.05, 0) is 36.6 Å². The Hall–Kier alpha value is -0.720. The minimum atomic E-state index is 0.659. The summed E-state index contributed by atoms with van der Waals surface area (Å²) < 4.78 is 0. The number of hydrogen-bond donors (Lipinski definition) is 0. The van der Waals surface area contributed by atoms with Gasteiger partial charge in [-0.3, -0.25) is 0 Å². The third kappa shape index (κ3) is 1.20. The molecule has 1 nitrogen and oxygen atoms in total. The maximum atomic E-state index is 4.49. The van der Waals surface area contributed by atoms with Crippen molar-refractivity contribution in [3.63, 3.8) is 0 Å². The van der Waals surface area contributed by atoms with Gasteiger partial charge in [-0.2, -0.15) is 0 Å². The zero-order chi connectivity index (χ0) is 7.68. The Morgan fingerprint density at radius 1 is 1.64 bits per heavy atom. The van der Waals surface area contributed by atoms with Crippen molar-refractivity contribution in [2.24, 2.45) is 16.8 Å². The number of isothiocyanates is 1. The summed E-state index contributed by atoms with van der Waals surface area (Å²) in [7, 11) is 0. The number of hydrogen-bond acceptors (Lipinski definition) is 2. The number of thiocarbonyl (C=S) groups is 1. The number of rotatable bonds is 1. The van der Waals surface area contributed by atoms with Crippen molar-refractivity contribution in [1.29, 1.82) is 0 Å². The third-order valence-corrected chi connectivity index (χ3v) is 2.53. The molecule has 1 saturated carbocycles. The van der Waals surface area contributed by atoms with Gasteiger partial charge in [0.25, 0.3) is 0 Å². The average molecular weight is 163 g/mol. The van der Waals surface area contributed by atoms with Gasteiger partial charge >= 0.3 is 0 Å². The minimum absolute atomic E-state index is 0.659. The number of allylic oxidation sites excluding steroid dienone is 3. The lowest BCUT2D eigenvalue weighted by atomic mass is 10.0. The summed E-state index contributed by atoms with van der Waals surface area (Å²) in [6.45, 7) is 0. The van der Waals surface area contributed by atoms with Crippen LogP contribution in [0.1, 0.15) is 12.8 Å².